The SMILES string of the molecule is CCC[C@@]1(c2ccccc2)NC(=O)N(CC(=O)Nc2ccc(C)c(Cl)c2)C1=O. The van der Waals surface area contributed by atoms with Gasteiger partial charge < -0.3 is 10.6 Å². The summed E-state index contributed by atoms with van der Waals surface area (Å²) < 4.78 is 0. The van der Waals surface area contributed by atoms with Crippen molar-refractivity contribution < 1.29 is 14.4 Å². The number of carbonyl (C=O) groups excluding carboxylic acids is 3. The van der Waals surface area contributed by atoms with Crippen LogP contribution in [0.4, 0.5) is 10.5 Å². The number of imide groups is 1. The largest absolute Gasteiger partial charge is 0.325 e. The Kier molecular flexibility index (Phi) is 5.70. The van der Waals surface area contributed by atoms with Gasteiger partial charge in [-0.05, 0) is 36.6 Å². The lowest BCUT2D eigenvalue weighted by molar-refractivity contribution is -0.134. The molecule has 0 aromatic heterocycles. The number of hydrogen-bond donors (Lipinski definition) is 2. The number of aryl methyl sites for hydroxylation is 1. The fourth-order valence-electron chi connectivity index (χ4n) is 3.39. The first-order valence-corrected chi connectivity index (χ1v) is 9.51. The standard InChI is InChI=1S/C21H22ClN3O3/c1-3-11-21(15-7-5-4-6-8-15)19(27)25(20(28)24-21)13-18(26)23-16-10-9-14(2)17(22)12-16/h4-10,12H,3,11,13H2,1-2H3,(H,23,26)(H,24,28)/t21-/m0/s1. The molecule has 2 aromatic carbocycles. The van der Waals surface area contributed by atoms with Crippen molar-refractivity contribution in [2.45, 2.75) is 32.2 Å². The predicted molar refractivity (Wildman–Crippen MR) is 108 cm³/mol. The van der Waals surface area contributed by atoms with Gasteiger partial charge in [0.15, 0.2) is 0 Å². The highest BCUT2D eigenvalue weighted by Crippen LogP contribution is 2.33. The molecular weight excluding hydrogens is 378 g/mol. The van der Waals surface area contributed by atoms with Gasteiger partial charge in [-0.3, -0.25) is 14.5 Å². The molecule has 2 aromatic rings. The van der Waals surface area contributed by atoms with Crippen molar-refractivity contribution in [1.29, 1.82) is 0 Å². The van der Waals surface area contributed by atoms with Crippen LogP contribution >= 0.6 is 11.6 Å². The zero-order valence-corrected chi connectivity index (χ0v) is 16.5. The fraction of sp³-hybridized carbons (Fsp3) is 0.286. The van der Waals surface area contributed by atoms with Crippen LogP contribution < -0.4 is 10.6 Å². The molecule has 1 atom stereocenters. The van der Waals surface area contributed by atoms with Gasteiger partial charge >= 0.3 is 6.03 Å². The number of benzene rings is 2. The van der Waals surface area contributed by atoms with Crippen LogP contribution in [0.15, 0.2) is 48.5 Å². The zero-order chi connectivity index (χ0) is 20.3. The van der Waals surface area contributed by atoms with E-state index in [0.29, 0.717) is 29.1 Å². The van der Waals surface area contributed by atoms with Crippen molar-refractivity contribution in [3.8, 4) is 0 Å². The normalized spacial score (nSPS) is 18.9. The first-order chi connectivity index (χ1) is 13.4. The van der Waals surface area contributed by atoms with E-state index in [9.17, 15) is 14.4 Å². The van der Waals surface area contributed by atoms with Gasteiger partial charge in [0.2, 0.25) is 5.91 Å². The summed E-state index contributed by atoms with van der Waals surface area (Å²) >= 11 is 6.07. The van der Waals surface area contributed by atoms with Gasteiger partial charge in [-0.2, -0.15) is 0 Å². The minimum Gasteiger partial charge on any atom is -0.324 e. The van der Waals surface area contributed by atoms with Gasteiger partial charge in [-0.1, -0.05) is 61.3 Å². The van der Waals surface area contributed by atoms with Crippen LogP contribution in [0.5, 0.6) is 0 Å². The average molecular weight is 400 g/mol. The first-order valence-electron chi connectivity index (χ1n) is 9.13. The van der Waals surface area contributed by atoms with E-state index in [0.717, 1.165) is 10.5 Å². The van der Waals surface area contributed by atoms with Crippen LogP contribution in [-0.2, 0) is 15.1 Å². The number of rotatable bonds is 6. The molecule has 0 unspecified atom stereocenters. The highest BCUT2D eigenvalue weighted by Gasteiger charge is 2.52. The third kappa shape index (κ3) is 3.73. The summed E-state index contributed by atoms with van der Waals surface area (Å²) in [5, 5.41) is 6.01. The maximum Gasteiger partial charge on any atom is 0.325 e. The molecular formula is C21H22ClN3O3. The lowest BCUT2D eigenvalue weighted by Crippen LogP contribution is -2.44. The molecule has 1 aliphatic heterocycles. The Labute approximate surface area is 168 Å². The zero-order valence-electron chi connectivity index (χ0n) is 15.8. The van der Waals surface area contributed by atoms with Crippen LogP contribution in [0.2, 0.25) is 5.02 Å². The van der Waals surface area contributed by atoms with E-state index in [2.05, 4.69) is 10.6 Å². The minimum absolute atomic E-state index is 0.367. The highest BCUT2D eigenvalue weighted by molar-refractivity contribution is 6.31. The van der Waals surface area contributed by atoms with Crippen LogP contribution in [0.1, 0.15) is 30.9 Å². The molecule has 1 heterocycles. The summed E-state index contributed by atoms with van der Waals surface area (Å²) in [6.07, 6.45) is 1.15. The Bertz CT molecular complexity index is 916. The van der Waals surface area contributed by atoms with E-state index in [4.69, 9.17) is 11.6 Å². The van der Waals surface area contributed by atoms with Crippen LogP contribution in [0.25, 0.3) is 0 Å². The molecule has 1 aliphatic rings. The number of nitrogens with zero attached hydrogens (tertiary/aromatic N) is 1. The average Bonchev–Trinajstić information content (AvgIpc) is 2.91. The van der Waals surface area contributed by atoms with E-state index in [1.165, 1.54) is 0 Å². The molecule has 0 spiro atoms. The predicted octanol–water partition coefficient (Wildman–Crippen LogP) is 3.83. The monoisotopic (exact) mass is 399 g/mol. The Morgan fingerprint density at radius 1 is 1.18 bits per heavy atom. The van der Waals surface area contributed by atoms with Gasteiger partial charge in [0.05, 0.1) is 0 Å². The molecule has 146 valence electrons. The lowest BCUT2D eigenvalue weighted by Gasteiger charge is -2.26. The van der Waals surface area contributed by atoms with Crippen molar-refractivity contribution in [2.75, 3.05) is 11.9 Å². The van der Waals surface area contributed by atoms with Gasteiger partial charge in [0.1, 0.15) is 12.1 Å². The Morgan fingerprint density at radius 2 is 1.89 bits per heavy atom. The molecule has 4 amide bonds. The van der Waals surface area contributed by atoms with Crippen LogP contribution in [0.3, 0.4) is 0 Å². The van der Waals surface area contributed by atoms with Crippen molar-refractivity contribution >= 4 is 35.1 Å². The molecule has 0 aliphatic carbocycles. The summed E-state index contributed by atoms with van der Waals surface area (Å²) in [5.41, 5.74) is 0.973. The van der Waals surface area contributed by atoms with Gasteiger partial charge in [-0.25, -0.2) is 4.79 Å². The van der Waals surface area contributed by atoms with E-state index in [1.807, 2.05) is 44.2 Å². The highest BCUT2D eigenvalue weighted by atomic mass is 35.5. The van der Waals surface area contributed by atoms with Crippen molar-refractivity contribution in [3.63, 3.8) is 0 Å². The number of halogens is 1. The van der Waals surface area contributed by atoms with E-state index >= 15 is 0 Å². The molecule has 1 fully saturated rings. The molecule has 0 saturated carbocycles. The number of amides is 4. The number of carbonyl (C=O) groups is 3. The first kappa shape index (κ1) is 19.9. The number of hydrogen-bond acceptors (Lipinski definition) is 3. The molecule has 7 heteroatoms. The summed E-state index contributed by atoms with van der Waals surface area (Å²) in [6.45, 7) is 3.44. The lowest BCUT2D eigenvalue weighted by atomic mass is 9.85. The van der Waals surface area contributed by atoms with Crippen molar-refractivity contribution in [3.05, 3.63) is 64.7 Å². The number of urea groups is 1. The van der Waals surface area contributed by atoms with Gasteiger partial charge in [-0.15, -0.1) is 0 Å². The topological polar surface area (TPSA) is 78.5 Å². The minimum atomic E-state index is -1.14. The second-order valence-electron chi connectivity index (χ2n) is 6.85. The molecule has 2 N–H and O–H groups in total. The van der Waals surface area contributed by atoms with Crippen LogP contribution in [-0.4, -0.2) is 29.3 Å². The number of anilines is 1. The van der Waals surface area contributed by atoms with Crippen LogP contribution in [0, 0.1) is 6.92 Å². The second-order valence-corrected chi connectivity index (χ2v) is 7.26. The molecule has 0 bridgehead atoms. The quantitative estimate of drug-likeness (QED) is 0.724. The maximum atomic E-state index is 13.2. The van der Waals surface area contributed by atoms with Gasteiger partial charge in [0.25, 0.3) is 5.91 Å². The molecule has 1 saturated heterocycles. The summed E-state index contributed by atoms with van der Waals surface area (Å²) in [7, 11) is 0. The summed E-state index contributed by atoms with van der Waals surface area (Å²) in [6, 6.07) is 13.7. The Morgan fingerprint density at radius 3 is 2.54 bits per heavy atom. The second kappa shape index (κ2) is 8.02. The van der Waals surface area contributed by atoms with E-state index in [1.54, 1.807) is 18.2 Å². The van der Waals surface area contributed by atoms with E-state index < -0.39 is 23.4 Å². The third-order valence-electron chi connectivity index (χ3n) is 4.82. The Hall–Kier alpha value is -2.86. The molecule has 3 rings (SSSR count). The molecule has 6 nitrogen and oxygen atoms in total. The third-order valence-corrected chi connectivity index (χ3v) is 5.23. The molecule has 0 radical (unpaired) electrons. The summed E-state index contributed by atoms with van der Waals surface area (Å²) in [4.78, 5) is 39.1. The Balaban J connectivity index is 1.79. The fourth-order valence-corrected chi connectivity index (χ4v) is 3.57. The smallest absolute Gasteiger partial charge is 0.324 e. The van der Waals surface area contributed by atoms with Gasteiger partial charge in [0, 0.05) is 10.7 Å². The van der Waals surface area contributed by atoms with Crippen molar-refractivity contribution in [1.82, 2.24) is 10.2 Å². The molecule has 28 heavy (non-hydrogen) atoms. The number of nitrogens with one attached hydrogen (secondary N) is 2. The summed E-state index contributed by atoms with van der Waals surface area (Å²) in [5.74, 6) is -0.883. The van der Waals surface area contributed by atoms with E-state index in [-0.39, 0.29) is 6.54 Å². The van der Waals surface area contributed by atoms with Crippen molar-refractivity contribution in [2.24, 2.45) is 0 Å². The maximum absolute atomic E-state index is 13.2.